The SMILES string of the molecule is NCCCC[C@H](NC(=O)Cc1ccccc1)C(=O)O. The molecular formula is C14H20N2O3. The fourth-order valence-electron chi connectivity index (χ4n) is 1.78. The molecular weight excluding hydrogens is 244 g/mol. The lowest BCUT2D eigenvalue weighted by Crippen LogP contribution is -2.41. The molecule has 1 amide bonds. The second-order valence-electron chi connectivity index (χ2n) is 4.41. The minimum Gasteiger partial charge on any atom is -0.480 e. The van der Waals surface area contributed by atoms with Gasteiger partial charge in [-0.1, -0.05) is 30.3 Å². The molecule has 0 unspecified atom stereocenters. The number of carbonyl (C=O) groups is 2. The van der Waals surface area contributed by atoms with E-state index in [-0.39, 0.29) is 12.3 Å². The zero-order chi connectivity index (χ0) is 14.1. The molecule has 1 atom stereocenters. The van der Waals surface area contributed by atoms with Crippen LogP contribution in [0.15, 0.2) is 30.3 Å². The Morgan fingerprint density at radius 3 is 2.47 bits per heavy atom. The van der Waals surface area contributed by atoms with Crippen molar-refractivity contribution < 1.29 is 14.7 Å². The molecule has 104 valence electrons. The number of carbonyl (C=O) groups excluding carboxylic acids is 1. The van der Waals surface area contributed by atoms with E-state index in [2.05, 4.69) is 5.32 Å². The van der Waals surface area contributed by atoms with E-state index in [4.69, 9.17) is 10.8 Å². The monoisotopic (exact) mass is 264 g/mol. The van der Waals surface area contributed by atoms with Crippen LogP contribution in [-0.2, 0) is 16.0 Å². The fraction of sp³-hybridized carbons (Fsp3) is 0.429. The van der Waals surface area contributed by atoms with Gasteiger partial charge in [-0.2, -0.15) is 0 Å². The molecule has 0 aliphatic rings. The molecule has 1 aromatic carbocycles. The highest BCUT2D eigenvalue weighted by Gasteiger charge is 2.19. The third-order valence-electron chi connectivity index (χ3n) is 2.79. The van der Waals surface area contributed by atoms with Crippen molar-refractivity contribution in [1.82, 2.24) is 5.32 Å². The second kappa shape index (κ2) is 8.26. The summed E-state index contributed by atoms with van der Waals surface area (Å²) in [7, 11) is 0. The van der Waals surface area contributed by atoms with Gasteiger partial charge in [0.1, 0.15) is 6.04 Å². The number of nitrogens with two attached hydrogens (primary N) is 1. The van der Waals surface area contributed by atoms with Crippen molar-refractivity contribution in [2.75, 3.05) is 6.54 Å². The van der Waals surface area contributed by atoms with E-state index in [0.717, 1.165) is 12.0 Å². The van der Waals surface area contributed by atoms with Gasteiger partial charge >= 0.3 is 5.97 Å². The summed E-state index contributed by atoms with van der Waals surface area (Å²) in [6.45, 7) is 0.532. The van der Waals surface area contributed by atoms with E-state index in [0.29, 0.717) is 19.4 Å². The van der Waals surface area contributed by atoms with Crippen LogP contribution in [0.3, 0.4) is 0 Å². The number of nitrogens with one attached hydrogen (secondary N) is 1. The number of carboxylic acids is 1. The van der Waals surface area contributed by atoms with Crippen LogP contribution in [0.4, 0.5) is 0 Å². The normalized spacial score (nSPS) is 11.8. The molecule has 19 heavy (non-hydrogen) atoms. The first-order valence-electron chi connectivity index (χ1n) is 6.39. The predicted octanol–water partition coefficient (Wildman–Crippen LogP) is 0.927. The summed E-state index contributed by atoms with van der Waals surface area (Å²) in [5.41, 5.74) is 6.23. The van der Waals surface area contributed by atoms with Crippen LogP contribution in [0.2, 0.25) is 0 Å². The Bertz CT molecular complexity index is 406. The molecule has 0 saturated carbocycles. The van der Waals surface area contributed by atoms with Gasteiger partial charge in [0.25, 0.3) is 0 Å². The van der Waals surface area contributed by atoms with Gasteiger partial charge < -0.3 is 16.2 Å². The summed E-state index contributed by atoms with van der Waals surface area (Å²) in [6.07, 6.45) is 2.06. The van der Waals surface area contributed by atoms with E-state index < -0.39 is 12.0 Å². The van der Waals surface area contributed by atoms with Crippen molar-refractivity contribution in [1.29, 1.82) is 0 Å². The van der Waals surface area contributed by atoms with Gasteiger partial charge in [0.05, 0.1) is 6.42 Å². The summed E-state index contributed by atoms with van der Waals surface area (Å²) < 4.78 is 0. The first kappa shape index (κ1) is 15.2. The Hall–Kier alpha value is -1.88. The lowest BCUT2D eigenvalue weighted by Gasteiger charge is -2.14. The quantitative estimate of drug-likeness (QED) is 0.609. The molecule has 4 N–H and O–H groups in total. The molecule has 0 fully saturated rings. The fourth-order valence-corrected chi connectivity index (χ4v) is 1.78. The molecule has 1 rings (SSSR count). The largest absolute Gasteiger partial charge is 0.480 e. The van der Waals surface area contributed by atoms with Crippen LogP contribution in [0.25, 0.3) is 0 Å². The van der Waals surface area contributed by atoms with Crippen molar-refractivity contribution in [2.24, 2.45) is 5.73 Å². The lowest BCUT2D eigenvalue weighted by molar-refractivity contribution is -0.142. The number of benzene rings is 1. The maximum atomic E-state index is 11.8. The molecule has 0 spiro atoms. The predicted molar refractivity (Wildman–Crippen MR) is 72.6 cm³/mol. The number of aliphatic carboxylic acids is 1. The Morgan fingerprint density at radius 1 is 1.21 bits per heavy atom. The minimum atomic E-state index is -1.00. The summed E-state index contributed by atoms with van der Waals surface area (Å²) in [4.78, 5) is 22.8. The van der Waals surface area contributed by atoms with E-state index in [1.54, 1.807) is 0 Å². The number of hydrogen-bond donors (Lipinski definition) is 3. The standard InChI is InChI=1S/C14H20N2O3/c15-9-5-4-8-12(14(18)19)16-13(17)10-11-6-2-1-3-7-11/h1-3,6-7,12H,4-5,8-10,15H2,(H,16,17)(H,18,19)/t12-/m0/s1. The third kappa shape index (κ3) is 6.01. The van der Waals surface area contributed by atoms with E-state index in [9.17, 15) is 9.59 Å². The van der Waals surface area contributed by atoms with Crippen LogP contribution in [0.1, 0.15) is 24.8 Å². The molecule has 0 radical (unpaired) electrons. The van der Waals surface area contributed by atoms with E-state index >= 15 is 0 Å². The molecule has 0 heterocycles. The maximum absolute atomic E-state index is 11.8. The van der Waals surface area contributed by atoms with Crippen molar-refractivity contribution in [3.63, 3.8) is 0 Å². The molecule has 0 aliphatic carbocycles. The first-order valence-corrected chi connectivity index (χ1v) is 6.39. The Kier molecular flexibility index (Phi) is 6.60. The topological polar surface area (TPSA) is 92.4 Å². The third-order valence-corrected chi connectivity index (χ3v) is 2.79. The molecule has 5 heteroatoms. The van der Waals surface area contributed by atoms with Crippen LogP contribution in [0.5, 0.6) is 0 Å². The molecule has 1 aromatic rings. The molecule has 0 aliphatic heterocycles. The van der Waals surface area contributed by atoms with Gasteiger partial charge in [-0.25, -0.2) is 4.79 Å². The molecule has 0 bridgehead atoms. The average molecular weight is 264 g/mol. The van der Waals surface area contributed by atoms with Crippen molar-refractivity contribution in [3.05, 3.63) is 35.9 Å². The van der Waals surface area contributed by atoms with Crippen LogP contribution in [0, 0.1) is 0 Å². The number of rotatable bonds is 8. The highest BCUT2D eigenvalue weighted by molar-refractivity contribution is 5.84. The highest BCUT2D eigenvalue weighted by Crippen LogP contribution is 2.03. The molecule has 0 saturated heterocycles. The Morgan fingerprint density at radius 2 is 1.89 bits per heavy atom. The summed E-state index contributed by atoms with van der Waals surface area (Å²) in [5.74, 6) is -1.27. The zero-order valence-electron chi connectivity index (χ0n) is 10.8. The van der Waals surface area contributed by atoms with Crippen molar-refractivity contribution >= 4 is 11.9 Å². The number of carboxylic acid groups (broad SMARTS) is 1. The molecule has 0 aromatic heterocycles. The maximum Gasteiger partial charge on any atom is 0.326 e. The van der Waals surface area contributed by atoms with E-state index in [1.807, 2.05) is 30.3 Å². The summed E-state index contributed by atoms with van der Waals surface area (Å²) in [6, 6.07) is 8.40. The van der Waals surface area contributed by atoms with Gasteiger partial charge in [0, 0.05) is 0 Å². The lowest BCUT2D eigenvalue weighted by atomic mass is 10.1. The van der Waals surface area contributed by atoms with Crippen molar-refractivity contribution in [3.8, 4) is 0 Å². The number of amides is 1. The number of unbranched alkanes of at least 4 members (excludes halogenated alkanes) is 1. The van der Waals surface area contributed by atoms with Gasteiger partial charge in [-0.05, 0) is 31.4 Å². The second-order valence-corrected chi connectivity index (χ2v) is 4.41. The van der Waals surface area contributed by atoms with Gasteiger partial charge in [-0.15, -0.1) is 0 Å². The van der Waals surface area contributed by atoms with Crippen LogP contribution in [-0.4, -0.2) is 29.6 Å². The smallest absolute Gasteiger partial charge is 0.326 e. The molecule has 5 nitrogen and oxygen atoms in total. The van der Waals surface area contributed by atoms with Gasteiger partial charge in [-0.3, -0.25) is 4.79 Å². The Labute approximate surface area is 112 Å². The minimum absolute atomic E-state index is 0.196. The summed E-state index contributed by atoms with van der Waals surface area (Å²) in [5, 5.41) is 11.6. The highest BCUT2D eigenvalue weighted by atomic mass is 16.4. The van der Waals surface area contributed by atoms with Crippen LogP contribution >= 0.6 is 0 Å². The van der Waals surface area contributed by atoms with Crippen LogP contribution < -0.4 is 11.1 Å². The van der Waals surface area contributed by atoms with Gasteiger partial charge in [0.2, 0.25) is 5.91 Å². The van der Waals surface area contributed by atoms with E-state index in [1.165, 1.54) is 0 Å². The zero-order valence-corrected chi connectivity index (χ0v) is 10.8. The Balaban J connectivity index is 2.45. The number of hydrogen-bond acceptors (Lipinski definition) is 3. The first-order chi connectivity index (χ1) is 9.13. The van der Waals surface area contributed by atoms with Crippen molar-refractivity contribution in [2.45, 2.75) is 31.7 Å². The average Bonchev–Trinajstić information content (AvgIpc) is 2.38. The summed E-state index contributed by atoms with van der Waals surface area (Å²) >= 11 is 0. The van der Waals surface area contributed by atoms with Gasteiger partial charge in [0.15, 0.2) is 0 Å².